The van der Waals surface area contributed by atoms with E-state index in [-0.39, 0.29) is 19.1 Å². The van der Waals surface area contributed by atoms with Gasteiger partial charge < -0.3 is 19.9 Å². The van der Waals surface area contributed by atoms with Crippen LogP contribution in [0, 0.1) is 0 Å². The molecule has 4 heterocycles. The van der Waals surface area contributed by atoms with Gasteiger partial charge >= 0.3 is 0 Å². The number of halogens is 1. The van der Waals surface area contributed by atoms with Gasteiger partial charge in [-0.2, -0.15) is 0 Å². The largest absolute Gasteiger partial charge is 0.489 e. The zero-order chi connectivity index (χ0) is 20.8. The molecular weight excluding hydrogens is 408 g/mol. The molecule has 2 N–H and O–H groups in total. The van der Waals surface area contributed by atoms with Crippen LogP contribution in [0.4, 0.5) is 5.69 Å². The van der Waals surface area contributed by atoms with Crippen molar-refractivity contribution in [2.24, 2.45) is 0 Å². The highest BCUT2D eigenvalue weighted by Crippen LogP contribution is 2.45. The molecule has 0 unspecified atom stereocenters. The number of ether oxygens (including phenoxy) is 2. The first-order chi connectivity index (χ1) is 14.5. The van der Waals surface area contributed by atoms with Crippen molar-refractivity contribution >= 4 is 23.2 Å². The van der Waals surface area contributed by atoms with Gasteiger partial charge in [-0.05, 0) is 49.7 Å². The Hall–Kier alpha value is -2.26. The van der Waals surface area contributed by atoms with Crippen LogP contribution < -0.4 is 10.1 Å². The maximum atomic E-state index is 12.7. The molecule has 0 radical (unpaired) electrons. The summed E-state index contributed by atoms with van der Waals surface area (Å²) in [4.78, 5) is 23.4. The summed E-state index contributed by atoms with van der Waals surface area (Å²) in [5, 5.41) is 13.8. The van der Waals surface area contributed by atoms with Gasteiger partial charge in [-0.15, -0.1) is 0 Å². The van der Waals surface area contributed by atoms with Gasteiger partial charge in [0.25, 0.3) is 0 Å². The van der Waals surface area contributed by atoms with Gasteiger partial charge in [0, 0.05) is 17.3 Å². The van der Waals surface area contributed by atoms with Crippen molar-refractivity contribution in [2.75, 3.05) is 44.8 Å². The van der Waals surface area contributed by atoms with Gasteiger partial charge in [0.15, 0.2) is 17.2 Å². The minimum absolute atomic E-state index is 0.0754. The molecule has 1 aromatic carbocycles. The van der Waals surface area contributed by atoms with Crippen LogP contribution in [-0.4, -0.2) is 65.3 Å². The summed E-state index contributed by atoms with van der Waals surface area (Å²) in [5.41, 5.74) is 0.346. The Morgan fingerprint density at radius 2 is 1.97 bits per heavy atom. The summed E-state index contributed by atoms with van der Waals surface area (Å²) in [6.07, 6.45) is 4.66. The molecule has 2 saturated heterocycles. The molecular formula is C21H23ClN4O4. The van der Waals surface area contributed by atoms with Crippen LogP contribution in [-0.2, 0) is 20.5 Å². The van der Waals surface area contributed by atoms with Gasteiger partial charge in [-0.3, -0.25) is 9.69 Å². The van der Waals surface area contributed by atoms with Crippen molar-refractivity contribution in [3.63, 3.8) is 0 Å². The third kappa shape index (κ3) is 3.33. The van der Waals surface area contributed by atoms with E-state index in [0.717, 1.165) is 43.7 Å². The predicted molar refractivity (Wildman–Crippen MR) is 110 cm³/mol. The second-order valence-corrected chi connectivity index (χ2v) is 8.62. The quantitative estimate of drug-likeness (QED) is 0.745. The molecule has 0 atom stereocenters. The van der Waals surface area contributed by atoms with E-state index in [1.807, 2.05) is 18.2 Å². The minimum atomic E-state index is -1.07. The third-order valence-corrected chi connectivity index (χ3v) is 6.53. The molecule has 8 nitrogen and oxygen atoms in total. The fraction of sp³-hybridized carbons (Fsp3) is 0.476. The number of aliphatic hydroxyl groups is 1. The molecule has 3 aliphatic heterocycles. The molecule has 3 aliphatic rings. The molecule has 9 heteroatoms. The highest BCUT2D eigenvalue weighted by Gasteiger charge is 2.48. The first-order valence-corrected chi connectivity index (χ1v) is 10.5. The number of anilines is 1. The first-order valence-electron chi connectivity index (χ1n) is 10.1. The maximum absolute atomic E-state index is 12.7. The summed E-state index contributed by atoms with van der Waals surface area (Å²) in [6.45, 7) is 3.31. The van der Waals surface area contributed by atoms with Crippen LogP contribution in [0.5, 0.6) is 5.75 Å². The van der Waals surface area contributed by atoms with E-state index in [9.17, 15) is 9.90 Å². The fourth-order valence-corrected chi connectivity index (χ4v) is 4.56. The number of aromatic nitrogens is 2. The first kappa shape index (κ1) is 19.7. The Bertz CT molecular complexity index is 956. The lowest BCUT2D eigenvalue weighted by Crippen LogP contribution is -2.47. The number of rotatable bonds is 5. The van der Waals surface area contributed by atoms with Crippen molar-refractivity contribution in [1.29, 1.82) is 0 Å². The number of piperidine rings is 1. The molecule has 0 aliphatic carbocycles. The van der Waals surface area contributed by atoms with Crippen molar-refractivity contribution in [1.82, 2.24) is 14.9 Å². The molecule has 0 saturated carbocycles. The van der Waals surface area contributed by atoms with E-state index in [1.165, 1.54) is 0 Å². The number of hydrogen-bond acceptors (Lipinski definition) is 7. The average molecular weight is 431 g/mol. The van der Waals surface area contributed by atoms with E-state index < -0.39 is 11.0 Å². The zero-order valence-corrected chi connectivity index (χ0v) is 17.2. The number of amides is 1. The topological polar surface area (TPSA) is 96.8 Å². The van der Waals surface area contributed by atoms with Crippen LogP contribution in [0.15, 0.2) is 30.6 Å². The average Bonchev–Trinajstić information content (AvgIpc) is 2.99. The van der Waals surface area contributed by atoms with E-state index in [2.05, 4.69) is 20.2 Å². The monoisotopic (exact) mass is 430 g/mol. The van der Waals surface area contributed by atoms with Gasteiger partial charge in [0.05, 0.1) is 31.0 Å². The van der Waals surface area contributed by atoms with Gasteiger partial charge in [-0.25, -0.2) is 9.97 Å². The number of nitrogens with one attached hydrogen (secondary N) is 1. The van der Waals surface area contributed by atoms with Crippen molar-refractivity contribution in [3.8, 4) is 5.75 Å². The summed E-state index contributed by atoms with van der Waals surface area (Å²) in [7, 11) is 0. The van der Waals surface area contributed by atoms with E-state index >= 15 is 0 Å². The lowest BCUT2D eigenvalue weighted by Gasteiger charge is -2.38. The van der Waals surface area contributed by atoms with Crippen LogP contribution in [0.3, 0.4) is 0 Å². The number of carbonyl (C=O) groups is 1. The molecule has 1 amide bonds. The second-order valence-electron chi connectivity index (χ2n) is 8.18. The second kappa shape index (κ2) is 7.46. The molecule has 30 heavy (non-hydrogen) atoms. The third-order valence-electron chi connectivity index (χ3n) is 6.29. The number of benzene rings is 1. The van der Waals surface area contributed by atoms with E-state index in [0.29, 0.717) is 23.2 Å². The fourth-order valence-electron chi connectivity index (χ4n) is 4.39. The molecule has 1 aromatic heterocycles. The van der Waals surface area contributed by atoms with Crippen LogP contribution in [0.25, 0.3) is 0 Å². The lowest BCUT2D eigenvalue weighted by molar-refractivity contribution is -0.189. The molecule has 1 spiro atoms. The number of carbonyl (C=O) groups excluding carboxylic acids is 1. The predicted octanol–water partition coefficient (Wildman–Crippen LogP) is 1.71. The smallest absolute Gasteiger partial charge is 0.235 e. The molecule has 2 aromatic rings. The Balaban J connectivity index is 1.14. The van der Waals surface area contributed by atoms with Crippen LogP contribution in [0.2, 0.25) is 5.02 Å². The lowest BCUT2D eigenvalue weighted by atomic mass is 9.73. The summed E-state index contributed by atoms with van der Waals surface area (Å²) in [5.74, 6) is 0.999. The van der Waals surface area contributed by atoms with E-state index in [1.54, 1.807) is 12.4 Å². The highest BCUT2D eigenvalue weighted by molar-refractivity contribution is 6.31. The Morgan fingerprint density at radius 3 is 2.63 bits per heavy atom. The standard InChI is InChI=1S/C21H23ClN4O4/c22-14-1-2-17-16(9-14)20(19(27)25-17)3-5-26(6-4-20)7-8-30-15-10-23-18(24-11-15)21(28)12-29-13-21/h1-2,9-11,28H,3-8,12-13H2,(H,25,27). The van der Waals surface area contributed by atoms with Gasteiger partial charge in [-0.1, -0.05) is 11.6 Å². The molecule has 5 rings (SSSR count). The Labute approximate surface area is 179 Å². The minimum Gasteiger partial charge on any atom is -0.489 e. The molecule has 158 valence electrons. The maximum Gasteiger partial charge on any atom is 0.235 e. The summed E-state index contributed by atoms with van der Waals surface area (Å²) in [6, 6.07) is 5.61. The Kier molecular flexibility index (Phi) is 4.89. The summed E-state index contributed by atoms with van der Waals surface area (Å²) < 4.78 is 10.8. The summed E-state index contributed by atoms with van der Waals surface area (Å²) >= 11 is 6.18. The number of hydrogen-bond donors (Lipinski definition) is 2. The van der Waals surface area contributed by atoms with Gasteiger partial charge in [0.1, 0.15) is 6.61 Å². The van der Waals surface area contributed by atoms with Crippen molar-refractivity contribution in [2.45, 2.75) is 23.9 Å². The molecule has 2 fully saturated rings. The SMILES string of the molecule is O=C1Nc2ccc(Cl)cc2C12CCN(CCOc1cnc(C3(O)COC3)nc1)CC2. The molecule has 0 bridgehead atoms. The van der Waals surface area contributed by atoms with Crippen LogP contribution >= 0.6 is 11.6 Å². The van der Waals surface area contributed by atoms with E-state index in [4.69, 9.17) is 21.1 Å². The zero-order valence-electron chi connectivity index (χ0n) is 16.4. The Morgan fingerprint density at radius 1 is 1.23 bits per heavy atom. The van der Waals surface area contributed by atoms with Crippen molar-refractivity contribution in [3.05, 3.63) is 47.0 Å². The van der Waals surface area contributed by atoms with Crippen molar-refractivity contribution < 1.29 is 19.4 Å². The van der Waals surface area contributed by atoms with Gasteiger partial charge in [0.2, 0.25) is 5.91 Å². The number of nitrogens with zero attached hydrogens (tertiary/aromatic N) is 3. The highest BCUT2D eigenvalue weighted by atomic mass is 35.5. The number of fused-ring (bicyclic) bond motifs is 2. The number of likely N-dealkylation sites (tertiary alicyclic amines) is 1. The van der Waals surface area contributed by atoms with Crippen LogP contribution in [0.1, 0.15) is 24.2 Å². The normalized spacial score (nSPS) is 21.7.